The van der Waals surface area contributed by atoms with Crippen molar-refractivity contribution in [2.75, 3.05) is 11.9 Å². The highest BCUT2D eigenvalue weighted by molar-refractivity contribution is 9.11. The van der Waals surface area contributed by atoms with E-state index < -0.39 is 0 Å². The van der Waals surface area contributed by atoms with Crippen LogP contribution >= 0.6 is 47.8 Å². The molecule has 1 heterocycles. The predicted octanol–water partition coefficient (Wildman–Crippen LogP) is 5.70. The van der Waals surface area contributed by atoms with Gasteiger partial charge in [-0.2, -0.15) is 0 Å². The van der Waals surface area contributed by atoms with E-state index in [0.717, 1.165) is 25.5 Å². The van der Waals surface area contributed by atoms with Gasteiger partial charge in [-0.1, -0.05) is 28.8 Å². The standard InChI is InChI=1S/C15H21Br3N2/c1-10(7-12-5-3-2-4-6-19-12)20-15-13(17)8-11(16)9-14(15)18/h8-10,12,19-20H,2-7H2,1H3. The molecule has 2 unspecified atom stereocenters. The lowest BCUT2D eigenvalue weighted by atomic mass is 10.0. The molecule has 0 radical (unpaired) electrons. The minimum absolute atomic E-state index is 0.444. The van der Waals surface area contributed by atoms with E-state index in [4.69, 9.17) is 0 Å². The van der Waals surface area contributed by atoms with Crippen molar-refractivity contribution in [1.29, 1.82) is 0 Å². The molecule has 20 heavy (non-hydrogen) atoms. The normalized spacial score (nSPS) is 21.3. The Balaban J connectivity index is 1.95. The van der Waals surface area contributed by atoms with Gasteiger partial charge in [-0.3, -0.25) is 0 Å². The summed E-state index contributed by atoms with van der Waals surface area (Å²) in [7, 11) is 0. The third kappa shape index (κ3) is 5.00. The van der Waals surface area contributed by atoms with Crippen LogP contribution in [0.2, 0.25) is 0 Å². The first-order valence-electron chi connectivity index (χ1n) is 7.20. The Kier molecular flexibility index (Phi) is 6.85. The molecule has 112 valence electrons. The first kappa shape index (κ1) is 16.8. The molecule has 1 aromatic carbocycles. The summed E-state index contributed by atoms with van der Waals surface area (Å²) in [6.45, 7) is 3.43. The summed E-state index contributed by atoms with van der Waals surface area (Å²) >= 11 is 10.8. The lowest BCUT2D eigenvalue weighted by Gasteiger charge is -2.23. The zero-order valence-corrected chi connectivity index (χ0v) is 16.4. The van der Waals surface area contributed by atoms with E-state index in [1.807, 2.05) is 0 Å². The van der Waals surface area contributed by atoms with Crippen molar-refractivity contribution < 1.29 is 0 Å². The molecule has 1 fully saturated rings. The first-order valence-corrected chi connectivity index (χ1v) is 9.58. The van der Waals surface area contributed by atoms with Gasteiger partial charge in [0, 0.05) is 25.5 Å². The molecule has 0 bridgehead atoms. The predicted molar refractivity (Wildman–Crippen MR) is 97.5 cm³/mol. The molecular formula is C15H21Br3N2. The third-order valence-corrected chi connectivity index (χ3v) is 5.41. The Morgan fingerprint density at radius 3 is 2.60 bits per heavy atom. The second kappa shape index (κ2) is 8.16. The summed E-state index contributed by atoms with van der Waals surface area (Å²) in [5.41, 5.74) is 1.13. The number of nitrogens with one attached hydrogen (secondary N) is 2. The summed E-state index contributed by atoms with van der Waals surface area (Å²) < 4.78 is 3.23. The molecule has 5 heteroatoms. The van der Waals surface area contributed by atoms with Crippen LogP contribution in [0.5, 0.6) is 0 Å². The Hall–Kier alpha value is 0.420. The van der Waals surface area contributed by atoms with Gasteiger partial charge >= 0.3 is 0 Å². The monoisotopic (exact) mass is 466 g/mol. The molecular weight excluding hydrogens is 448 g/mol. The fraction of sp³-hybridized carbons (Fsp3) is 0.600. The maximum Gasteiger partial charge on any atom is 0.0631 e. The van der Waals surface area contributed by atoms with E-state index in [1.54, 1.807) is 0 Å². The number of anilines is 1. The van der Waals surface area contributed by atoms with Crippen molar-refractivity contribution in [2.24, 2.45) is 0 Å². The van der Waals surface area contributed by atoms with E-state index >= 15 is 0 Å². The van der Waals surface area contributed by atoms with Gasteiger partial charge in [-0.25, -0.2) is 0 Å². The maximum atomic E-state index is 3.67. The van der Waals surface area contributed by atoms with Gasteiger partial charge in [0.25, 0.3) is 0 Å². The van der Waals surface area contributed by atoms with Crippen LogP contribution in [0.3, 0.4) is 0 Å². The lowest BCUT2D eigenvalue weighted by Crippen LogP contribution is -2.33. The second-order valence-corrected chi connectivity index (χ2v) is 8.15. The van der Waals surface area contributed by atoms with E-state index in [1.165, 1.54) is 32.2 Å². The van der Waals surface area contributed by atoms with Crippen molar-refractivity contribution in [3.05, 3.63) is 25.6 Å². The molecule has 0 spiro atoms. The highest BCUT2D eigenvalue weighted by atomic mass is 79.9. The highest BCUT2D eigenvalue weighted by Gasteiger charge is 2.16. The summed E-state index contributed by atoms with van der Waals surface area (Å²) in [6.07, 6.45) is 6.51. The fourth-order valence-electron chi connectivity index (χ4n) is 2.71. The zero-order chi connectivity index (χ0) is 14.5. The zero-order valence-electron chi connectivity index (χ0n) is 11.7. The molecule has 2 nitrogen and oxygen atoms in total. The summed E-state index contributed by atoms with van der Waals surface area (Å²) in [5.74, 6) is 0. The topological polar surface area (TPSA) is 24.1 Å². The van der Waals surface area contributed by atoms with Crippen LogP contribution in [-0.4, -0.2) is 18.6 Å². The van der Waals surface area contributed by atoms with Gasteiger partial charge in [0.2, 0.25) is 0 Å². The van der Waals surface area contributed by atoms with Crippen LogP contribution in [-0.2, 0) is 0 Å². The summed E-state index contributed by atoms with van der Waals surface area (Å²) in [5, 5.41) is 7.28. The molecule has 0 saturated carbocycles. The van der Waals surface area contributed by atoms with E-state index in [0.29, 0.717) is 12.1 Å². The highest BCUT2D eigenvalue weighted by Crippen LogP contribution is 2.35. The molecule has 2 rings (SSSR count). The van der Waals surface area contributed by atoms with Gasteiger partial charge in [0.1, 0.15) is 0 Å². The van der Waals surface area contributed by atoms with Crippen molar-refractivity contribution in [2.45, 2.75) is 51.1 Å². The van der Waals surface area contributed by atoms with Crippen molar-refractivity contribution in [3.8, 4) is 0 Å². The largest absolute Gasteiger partial charge is 0.381 e. The van der Waals surface area contributed by atoms with Crippen LogP contribution < -0.4 is 10.6 Å². The number of hydrogen-bond acceptors (Lipinski definition) is 2. The van der Waals surface area contributed by atoms with E-state index in [9.17, 15) is 0 Å². The molecule has 0 amide bonds. The van der Waals surface area contributed by atoms with Crippen LogP contribution in [0, 0.1) is 0 Å². The van der Waals surface area contributed by atoms with E-state index in [2.05, 4.69) is 77.5 Å². The number of hydrogen-bond donors (Lipinski definition) is 2. The molecule has 0 aliphatic carbocycles. The SMILES string of the molecule is CC(CC1CCCCCN1)Nc1c(Br)cc(Br)cc1Br. The number of halogens is 3. The number of rotatable bonds is 4. The van der Waals surface area contributed by atoms with Crippen LogP contribution in [0.1, 0.15) is 39.0 Å². The molecule has 1 aromatic rings. The average molecular weight is 469 g/mol. The quantitative estimate of drug-likeness (QED) is 0.592. The Morgan fingerprint density at radius 1 is 1.20 bits per heavy atom. The summed E-state index contributed by atoms with van der Waals surface area (Å²) in [4.78, 5) is 0. The number of benzene rings is 1. The van der Waals surface area contributed by atoms with E-state index in [-0.39, 0.29) is 0 Å². The van der Waals surface area contributed by atoms with Crippen LogP contribution in [0.25, 0.3) is 0 Å². The van der Waals surface area contributed by atoms with Crippen molar-refractivity contribution in [3.63, 3.8) is 0 Å². The molecule has 1 aliphatic rings. The van der Waals surface area contributed by atoms with Crippen LogP contribution in [0.15, 0.2) is 25.6 Å². The average Bonchev–Trinajstić information content (AvgIpc) is 2.62. The molecule has 2 atom stereocenters. The first-order chi connectivity index (χ1) is 9.56. The summed E-state index contributed by atoms with van der Waals surface area (Å²) in [6, 6.07) is 5.24. The minimum Gasteiger partial charge on any atom is -0.381 e. The van der Waals surface area contributed by atoms with Crippen LogP contribution in [0.4, 0.5) is 5.69 Å². The molecule has 2 N–H and O–H groups in total. The Bertz CT molecular complexity index is 420. The maximum absolute atomic E-state index is 3.67. The van der Waals surface area contributed by atoms with Gasteiger partial charge < -0.3 is 10.6 Å². The smallest absolute Gasteiger partial charge is 0.0631 e. The van der Waals surface area contributed by atoms with Gasteiger partial charge in [0.15, 0.2) is 0 Å². The second-order valence-electron chi connectivity index (χ2n) is 5.53. The van der Waals surface area contributed by atoms with Gasteiger partial charge in [0.05, 0.1) is 5.69 Å². The fourth-order valence-corrected chi connectivity index (χ4v) is 5.20. The van der Waals surface area contributed by atoms with Gasteiger partial charge in [-0.15, -0.1) is 0 Å². The molecule has 0 aromatic heterocycles. The Morgan fingerprint density at radius 2 is 1.90 bits per heavy atom. The van der Waals surface area contributed by atoms with Gasteiger partial charge in [-0.05, 0) is 76.7 Å². The van der Waals surface area contributed by atoms with Crippen molar-refractivity contribution >= 4 is 53.5 Å². The molecule has 1 saturated heterocycles. The minimum atomic E-state index is 0.444. The lowest BCUT2D eigenvalue weighted by molar-refractivity contribution is 0.456. The van der Waals surface area contributed by atoms with Crippen molar-refractivity contribution in [1.82, 2.24) is 5.32 Å². The molecule has 1 aliphatic heterocycles. The third-order valence-electron chi connectivity index (χ3n) is 3.70. The Labute approximate surface area is 146 Å².